The van der Waals surface area contributed by atoms with Crippen molar-refractivity contribution in [2.75, 3.05) is 0 Å². The molecule has 0 aromatic heterocycles. The number of hydrogen-bond acceptors (Lipinski definition) is 0. The minimum Gasteiger partial charge on any atom is -0.0622 e. The molecule has 0 aliphatic heterocycles. The molecule has 3 aromatic rings. The molecule has 1 fully saturated rings. The second-order valence-corrected chi connectivity index (χ2v) is 6.98. The minimum absolute atomic E-state index is 0.809. The van der Waals surface area contributed by atoms with Gasteiger partial charge in [0.05, 0.1) is 0 Å². The zero-order valence-corrected chi connectivity index (χ0v) is 15.2. The highest BCUT2D eigenvalue weighted by Crippen LogP contribution is 2.33. The van der Waals surface area contributed by atoms with Gasteiger partial charge in [0.25, 0.3) is 0 Å². The van der Waals surface area contributed by atoms with E-state index in [0.717, 1.165) is 5.92 Å². The van der Waals surface area contributed by atoms with E-state index in [0.29, 0.717) is 0 Å². The van der Waals surface area contributed by atoms with Crippen LogP contribution in [0.3, 0.4) is 0 Å². The Kier molecular flexibility index (Phi) is 6.45. The first-order valence-electron chi connectivity index (χ1n) is 9.50. The minimum atomic E-state index is 0.809. The van der Waals surface area contributed by atoms with Crippen LogP contribution in [0.25, 0.3) is 11.1 Å². The van der Waals surface area contributed by atoms with Gasteiger partial charge in [-0.1, -0.05) is 110 Å². The van der Waals surface area contributed by atoms with E-state index >= 15 is 0 Å². The van der Waals surface area contributed by atoms with Gasteiger partial charge in [-0.15, -0.1) is 0 Å². The number of aryl methyl sites for hydroxylation is 1. The highest BCUT2D eigenvalue weighted by molar-refractivity contribution is 5.63. The zero-order valence-electron chi connectivity index (χ0n) is 15.2. The third kappa shape index (κ3) is 5.32. The second-order valence-electron chi connectivity index (χ2n) is 6.98. The molecule has 0 bridgehead atoms. The molecular formula is C25H28. The molecule has 0 atom stereocenters. The summed E-state index contributed by atoms with van der Waals surface area (Å²) in [5.74, 6) is 0.809. The van der Waals surface area contributed by atoms with Crippen LogP contribution < -0.4 is 0 Å². The first-order valence-corrected chi connectivity index (χ1v) is 9.50. The Hall–Kier alpha value is -2.34. The van der Waals surface area contributed by atoms with Crippen LogP contribution in [0.4, 0.5) is 0 Å². The van der Waals surface area contributed by atoms with E-state index < -0.39 is 0 Å². The highest BCUT2D eigenvalue weighted by atomic mass is 14.2. The van der Waals surface area contributed by atoms with Crippen LogP contribution in [0.5, 0.6) is 0 Å². The van der Waals surface area contributed by atoms with E-state index in [1.54, 1.807) is 0 Å². The number of hydrogen-bond donors (Lipinski definition) is 0. The third-order valence-corrected chi connectivity index (χ3v) is 5.03. The average molecular weight is 328 g/mol. The Bertz CT molecular complexity index is 720. The molecule has 0 heteroatoms. The van der Waals surface area contributed by atoms with Gasteiger partial charge >= 0.3 is 0 Å². The molecule has 0 radical (unpaired) electrons. The molecule has 1 aliphatic rings. The monoisotopic (exact) mass is 328 g/mol. The van der Waals surface area contributed by atoms with Gasteiger partial charge in [-0.3, -0.25) is 0 Å². The maximum absolute atomic E-state index is 2.33. The summed E-state index contributed by atoms with van der Waals surface area (Å²) in [5, 5.41) is 0. The van der Waals surface area contributed by atoms with E-state index in [9.17, 15) is 0 Å². The van der Waals surface area contributed by atoms with E-state index in [-0.39, 0.29) is 0 Å². The average Bonchev–Trinajstić information content (AvgIpc) is 2.71. The van der Waals surface area contributed by atoms with Gasteiger partial charge in [0.2, 0.25) is 0 Å². The van der Waals surface area contributed by atoms with Crippen LogP contribution in [0.2, 0.25) is 0 Å². The Morgan fingerprint density at radius 3 is 1.60 bits per heavy atom. The molecule has 0 unspecified atom stereocenters. The van der Waals surface area contributed by atoms with Gasteiger partial charge in [-0.05, 0) is 42.4 Å². The highest BCUT2D eigenvalue weighted by Gasteiger charge is 2.15. The molecule has 0 nitrogen and oxygen atoms in total. The van der Waals surface area contributed by atoms with Crippen molar-refractivity contribution in [3.05, 3.63) is 96.1 Å². The van der Waals surface area contributed by atoms with E-state index in [1.165, 1.54) is 54.4 Å². The van der Waals surface area contributed by atoms with E-state index in [1.807, 2.05) is 18.2 Å². The summed E-state index contributed by atoms with van der Waals surface area (Å²) in [6.45, 7) is 2.08. The first-order chi connectivity index (χ1) is 12.3. The van der Waals surface area contributed by atoms with Crippen molar-refractivity contribution in [2.45, 2.75) is 44.9 Å². The predicted molar refractivity (Wildman–Crippen MR) is 109 cm³/mol. The standard InChI is InChI=1S/C18H20.C7H8/c1-3-7-15(8-4-1)17-11-13-18(14-12-17)16-9-5-2-6-10-16;1-7-5-3-2-4-6-7/h1,3-4,7-8,11-14,16H,2,5-6,9-10H2;2-6H,1H3. The van der Waals surface area contributed by atoms with Crippen LogP contribution >= 0.6 is 0 Å². The van der Waals surface area contributed by atoms with Crippen LogP contribution in [0.1, 0.15) is 49.1 Å². The summed E-state index contributed by atoms with van der Waals surface area (Å²) in [6.07, 6.45) is 7.00. The van der Waals surface area contributed by atoms with Crippen molar-refractivity contribution >= 4 is 0 Å². The second kappa shape index (κ2) is 9.22. The van der Waals surface area contributed by atoms with Crippen molar-refractivity contribution < 1.29 is 0 Å². The maximum Gasteiger partial charge on any atom is -0.0162 e. The van der Waals surface area contributed by atoms with Crippen molar-refractivity contribution in [1.29, 1.82) is 0 Å². The van der Waals surface area contributed by atoms with Crippen LogP contribution in [0.15, 0.2) is 84.9 Å². The van der Waals surface area contributed by atoms with Crippen molar-refractivity contribution in [1.82, 2.24) is 0 Å². The number of benzene rings is 3. The summed E-state index contributed by atoms with van der Waals surface area (Å²) in [5.41, 5.74) is 5.50. The maximum atomic E-state index is 2.33. The zero-order chi connectivity index (χ0) is 17.3. The lowest BCUT2D eigenvalue weighted by molar-refractivity contribution is 0.443. The lowest BCUT2D eigenvalue weighted by Gasteiger charge is -2.22. The smallest absolute Gasteiger partial charge is 0.0162 e. The van der Waals surface area contributed by atoms with Gasteiger partial charge in [-0.25, -0.2) is 0 Å². The van der Waals surface area contributed by atoms with Gasteiger partial charge in [0.1, 0.15) is 0 Å². The van der Waals surface area contributed by atoms with Crippen molar-refractivity contribution in [2.24, 2.45) is 0 Å². The number of rotatable bonds is 2. The lowest BCUT2D eigenvalue weighted by atomic mass is 9.84. The van der Waals surface area contributed by atoms with Gasteiger partial charge in [0.15, 0.2) is 0 Å². The first kappa shape index (κ1) is 17.5. The molecule has 4 rings (SSSR count). The topological polar surface area (TPSA) is 0 Å². The molecule has 0 N–H and O–H groups in total. The molecule has 1 aliphatic carbocycles. The van der Waals surface area contributed by atoms with Gasteiger partial charge in [0, 0.05) is 0 Å². The lowest BCUT2D eigenvalue weighted by Crippen LogP contribution is -2.04. The summed E-state index contributed by atoms with van der Waals surface area (Å²) >= 11 is 0. The Balaban J connectivity index is 0.000000219. The molecule has 0 saturated heterocycles. The van der Waals surface area contributed by atoms with Crippen LogP contribution in [-0.2, 0) is 0 Å². The summed E-state index contributed by atoms with van der Waals surface area (Å²) in [7, 11) is 0. The van der Waals surface area contributed by atoms with Gasteiger partial charge in [-0.2, -0.15) is 0 Å². The van der Waals surface area contributed by atoms with Crippen molar-refractivity contribution in [3.63, 3.8) is 0 Å². The SMILES string of the molecule is Cc1ccccc1.c1ccc(-c2ccc(C3CCCCC3)cc2)cc1. The Labute approximate surface area is 152 Å². The molecule has 3 aromatic carbocycles. The fourth-order valence-corrected chi connectivity index (χ4v) is 3.55. The molecule has 1 saturated carbocycles. The molecule has 128 valence electrons. The van der Waals surface area contributed by atoms with Gasteiger partial charge < -0.3 is 0 Å². The molecule has 0 amide bonds. The Morgan fingerprint density at radius 1 is 0.560 bits per heavy atom. The fraction of sp³-hybridized carbons (Fsp3) is 0.280. The van der Waals surface area contributed by atoms with Crippen LogP contribution in [-0.4, -0.2) is 0 Å². The predicted octanol–water partition coefficient (Wildman–Crippen LogP) is 7.40. The largest absolute Gasteiger partial charge is 0.0622 e. The summed E-state index contributed by atoms with van der Waals surface area (Å²) in [6, 6.07) is 30.1. The summed E-state index contributed by atoms with van der Waals surface area (Å²) in [4.78, 5) is 0. The molecular weight excluding hydrogens is 300 g/mol. The molecule has 0 spiro atoms. The van der Waals surface area contributed by atoms with Crippen molar-refractivity contribution in [3.8, 4) is 11.1 Å². The molecule has 0 heterocycles. The Morgan fingerprint density at radius 2 is 1.08 bits per heavy atom. The fourth-order valence-electron chi connectivity index (χ4n) is 3.55. The summed E-state index contributed by atoms with van der Waals surface area (Å²) < 4.78 is 0. The van der Waals surface area contributed by atoms with E-state index in [2.05, 4.69) is 73.7 Å². The molecule has 25 heavy (non-hydrogen) atoms. The normalized spacial score (nSPS) is 14.4. The third-order valence-electron chi connectivity index (χ3n) is 5.03. The van der Waals surface area contributed by atoms with E-state index in [4.69, 9.17) is 0 Å². The quantitative estimate of drug-likeness (QED) is 0.460. The van der Waals surface area contributed by atoms with Crippen LogP contribution in [0, 0.1) is 6.92 Å².